The molecule has 25 heavy (non-hydrogen) atoms. The van der Waals surface area contributed by atoms with Gasteiger partial charge in [0.25, 0.3) is 5.91 Å². The second kappa shape index (κ2) is 6.13. The molecule has 0 bridgehead atoms. The zero-order valence-corrected chi connectivity index (χ0v) is 17.0. The second-order valence-corrected chi connectivity index (χ2v) is 10.4. The van der Waals surface area contributed by atoms with Crippen molar-refractivity contribution in [2.24, 2.45) is 11.3 Å². The Morgan fingerprint density at radius 2 is 2.04 bits per heavy atom. The van der Waals surface area contributed by atoms with Crippen LogP contribution >= 0.6 is 22.7 Å². The number of amides is 1. The molecule has 0 spiro atoms. The molecule has 3 heterocycles. The minimum atomic E-state index is -0.0957. The molecule has 0 unspecified atom stereocenters. The fourth-order valence-electron chi connectivity index (χ4n) is 4.00. The average Bonchev–Trinajstić information content (AvgIpc) is 3.17. The summed E-state index contributed by atoms with van der Waals surface area (Å²) in [6.45, 7) is 9.16. The monoisotopic (exact) mass is 374 g/mol. The van der Waals surface area contributed by atoms with Crippen LogP contribution in [0.5, 0.6) is 0 Å². The zero-order valence-electron chi connectivity index (χ0n) is 15.4. The Morgan fingerprint density at radius 3 is 2.72 bits per heavy atom. The molecule has 4 rings (SSSR count). The van der Waals surface area contributed by atoms with Gasteiger partial charge in [-0.1, -0.05) is 27.2 Å². The highest BCUT2D eigenvalue weighted by Gasteiger charge is 2.37. The number of aryl methyl sites for hydroxylation is 1. The van der Waals surface area contributed by atoms with Gasteiger partial charge in [-0.2, -0.15) is 0 Å². The lowest BCUT2D eigenvalue weighted by atomic mass is 9.69. The zero-order chi connectivity index (χ0) is 17.8. The van der Waals surface area contributed by atoms with Crippen molar-refractivity contribution in [3.63, 3.8) is 0 Å². The van der Waals surface area contributed by atoms with Gasteiger partial charge in [-0.15, -0.1) is 22.7 Å². The molecular formula is C20H26N2OS2. The van der Waals surface area contributed by atoms with Crippen LogP contribution in [-0.2, 0) is 12.8 Å². The van der Waals surface area contributed by atoms with Crippen molar-refractivity contribution >= 4 is 33.6 Å². The summed E-state index contributed by atoms with van der Waals surface area (Å²) >= 11 is 3.55. The van der Waals surface area contributed by atoms with Crippen molar-refractivity contribution in [3.8, 4) is 0 Å². The van der Waals surface area contributed by atoms with Gasteiger partial charge in [-0.3, -0.25) is 4.79 Å². The molecule has 0 fully saturated rings. The molecule has 2 atom stereocenters. The van der Waals surface area contributed by atoms with Crippen molar-refractivity contribution in [3.05, 3.63) is 37.9 Å². The molecule has 0 radical (unpaired) electrons. The summed E-state index contributed by atoms with van der Waals surface area (Å²) in [4.78, 5) is 16.7. The molecule has 1 aliphatic carbocycles. The smallest absolute Gasteiger partial charge is 0.256 e. The number of nitrogens with one attached hydrogen (secondary N) is 2. The standard InChI is InChI=1S/C20H26N2OS2/c1-5-20(3,4)12-7-8-13-15(10-12)25-19-16(13)18(23)21-17(22-19)14-9-6-11(2)24-14/h6,9,12,17,22H,5,7-8,10H2,1-4H3,(H,21,23)/t12-,17-/m1/s1. The van der Waals surface area contributed by atoms with Crippen LogP contribution < -0.4 is 10.6 Å². The summed E-state index contributed by atoms with van der Waals surface area (Å²) in [6.07, 6.45) is 4.45. The van der Waals surface area contributed by atoms with Crippen molar-refractivity contribution in [2.75, 3.05) is 5.32 Å². The van der Waals surface area contributed by atoms with E-state index in [-0.39, 0.29) is 12.1 Å². The fourth-order valence-corrected chi connectivity index (χ4v) is 6.24. The first-order valence-corrected chi connectivity index (χ1v) is 10.8. The number of hydrogen-bond acceptors (Lipinski definition) is 4. The Labute approximate surface area is 157 Å². The molecule has 0 aromatic carbocycles. The van der Waals surface area contributed by atoms with Crippen molar-refractivity contribution in [2.45, 2.75) is 59.5 Å². The molecule has 0 saturated heterocycles. The average molecular weight is 375 g/mol. The van der Waals surface area contributed by atoms with E-state index in [1.807, 2.05) is 11.3 Å². The lowest BCUT2D eigenvalue weighted by Crippen LogP contribution is -2.38. The third-order valence-electron chi connectivity index (χ3n) is 6.11. The Bertz CT molecular complexity index is 818. The topological polar surface area (TPSA) is 41.1 Å². The minimum absolute atomic E-state index is 0.0931. The lowest BCUT2D eigenvalue weighted by Gasteiger charge is -2.36. The van der Waals surface area contributed by atoms with Crippen LogP contribution in [0.3, 0.4) is 0 Å². The van der Waals surface area contributed by atoms with Crippen LogP contribution in [0.25, 0.3) is 0 Å². The van der Waals surface area contributed by atoms with Crippen molar-refractivity contribution < 1.29 is 4.79 Å². The predicted molar refractivity (Wildman–Crippen MR) is 107 cm³/mol. The number of thiophene rings is 2. The van der Waals surface area contributed by atoms with E-state index in [2.05, 4.69) is 50.5 Å². The Kier molecular flexibility index (Phi) is 4.19. The van der Waals surface area contributed by atoms with Gasteiger partial charge in [-0.25, -0.2) is 0 Å². The van der Waals surface area contributed by atoms with Crippen LogP contribution in [0.1, 0.15) is 70.3 Å². The van der Waals surface area contributed by atoms with Gasteiger partial charge in [0.05, 0.1) is 5.56 Å². The number of carbonyl (C=O) groups excluding carboxylic acids is 1. The highest BCUT2D eigenvalue weighted by molar-refractivity contribution is 7.17. The molecular weight excluding hydrogens is 348 g/mol. The van der Waals surface area contributed by atoms with Gasteiger partial charge in [-0.05, 0) is 55.2 Å². The van der Waals surface area contributed by atoms with E-state index in [4.69, 9.17) is 0 Å². The highest BCUT2D eigenvalue weighted by Crippen LogP contribution is 2.47. The third kappa shape index (κ3) is 2.91. The lowest BCUT2D eigenvalue weighted by molar-refractivity contribution is 0.0935. The summed E-state index contributed by atoms with van der Waals surface area (Å²) in [6, 6.07) is 4.22. The number of anilines is 1. The van der Waals surface area contributed by atoms with Crippen LogP contribution in [0.4, 0.5) is 5.00 Å². The van der Waals surface area contributed by atoms with Gasteiger partial charge in [0, 0.05) is 14.6 Å². The van der Waals surface area contributed by atoms with Crippen LogP contribution in [0.15, 0.2) is 12.1 Å². The normalized spacial score (nSPS) is 22.8. The van der Waals surface area contributed by atoms with E-state index in [0.29, 0.717) is 11.3 Å². The minimum Gasteiger partial charge on any atom is -0.352 e. The van der Waals surface area contributed by atoms with Crippen LogP contribution in [0, 0.1) is 18.3 Å². The van der Waals surface area contributed by atoms with E-state index in [1.54, 1.807) is 11.3 Å². The molecule has 2 aromatic rings. The summed E-state index contributed by atoms with van der Waals surface area (Å²) in [5, 5.41) is 7.81. The Balaban J connectivity index is 1.63. The molecule has 0 saturated carbocycles. The van der Waals surface area contributed by atoms with E-state index >= 15 is 0 Å². The number of hydrogen-bond donors (Lipinski definition) is 2. The van der Waals surface area contributed by atoms with Gasteiger partial charge >= 0.3 is 0 Å². The van der Waals surface area contributed by atoms with Crippen molar-refractivity contribution in [1.82, 2.24) is 5.32 Å². The van der Waals surface area contributed by atoms with Gasteiger partial charge in [0.2, 0.25) is 0 Å². The van der Waals surface area contributed by atoms with Gasteiger partial charge in [0.1, 0.15) is 11.2 Å². The maximum absolute atomic E-state index is 12.8. The number of rotatable bonds is 3. The molecule has 2 aliphatic rings. The molecule has 3 nitrogen and oxygen atoms in total. The van der Waals surface area contributed by atoms with E-state index in [0.717, 1.165) is 23.4 Å². The molecule has 134 valence electrons. The SMILES string of the molecule is CCC(C)(C)[C@@H]1CCc2c(sc3c2C(=O)N[C@@H](c2ccc(C)s2)N3)C1. The molecule has 2 N–H and O–H groups in total. The summed E-state index contributed by atoms with van der Waals surface area (Å²) in [5.41, 5.74) is 2.58. The van der Waals surface area contributed by atoms with Crippen molar-refractivity contribution in [1.29, 1.82) is 0 Å². The fraction of sp³-hybridized carbons (Fsp3) is 0.550. The predicted octanol–water partition coefficient (Wildman–Crippen LogP) is 5.51. The third-order valence-corrected chi connectivity index (χ3v) is 8.36. The Hall–Kier alpha value is -1.33. The first-order chi connectivity index (χ1) is 11.9. The summed E-state index contributed by atoms with van der Waals surface area (Å²) in [7, 11) is 0. The first-order valence-electron chi connectivity index (χ1n) is 9.17. The van der Waals surface area contributed by atoms with Crippen LogP contribution in [-0.4, -0.2) is 5.91 Å². The summed E-state index contributed by atoms with van der Waals surface area (Å²) in [5.74, 6) is 0.805. The summed E-state index contributed by atoms with van der Waals surface area (Å²) < 4.78 is 0. The molecule has 1 amide bonds. The van der Waals surface area contributed by atoms with Gasteiger partial charge in [0.15, 0.2) is 0 Å². The maximum atomic E-state index is 12.8. The molecule has 2 aromatic heterocycles. The number of carbonyl (C=O) groups is 1. The molecule has 1 aliphatic heterocycles. The van der Waals surface area contributed by atoms with Crippen LogP contribution in [0.2, 0.25) is 0 Å². The largest absolute Gasteiger partial charge is 0.352 e. The van der Waals surface area contributed by atoms with E-state index in [9.17, 15) is 4.79 Å². The van der Waals surface area contributed by atoms with E-state index in [1.165, 1.54) is 33.0 Å². The molecule has 5 heteroatoms. The first kappa shape index (κ1) is 17.1. The highest BCUT2D eigenvalue weighted by atomic mass is 32.1. The van der Waals surface area contributed by atoms with Gasteiger partial charge < -0.3 is 10.6 Å². The Morgan fingerprint density at radius 1 is 1.24 bits per heavy atom. The number of fused-ring (bicyclic) bond motifs is 3. The van der Waals surface area contributed by atoms with E-state index < -0.39 is 0 Å². The second-order valence-electron chi connectivity index (χ2n) is 7.99. The maximum Gasteiger partial charge on any atom is 0.256 e. The quantitative estimate of drug-likeness (QED) is 0.743.